The Labute approximate surface area is 232 Å². The van der Waals surface area contributed by atoms with Crippen LogP contribution in [0, 0.1) is 29.1 Å². The Morgan fingerprint density at radius 3 is 2.26 bits per heavy atom. The van der Waals surface area contributed by atoms with Gasteiger partial charge in [0, 0.05) is 6.20 Å². The summed E-state index contributed by atoms with van der Waals surface area (Å²) in [4.78, 5) is 31.8. The molecular formula is C22H11F5N3NaO6S. The van der Waals surface area contributed by atoms with Crippen LogP contribution in [0.4, 0.5) is 27.6 Å². The zero-order chi connectivity index (χ0) is 27.2. The molecule has 1 atom stereocenters. The molecule has 1 fully saturated rings. The Morgan fingerprint density at radius 1 is 1.11 bits per heavy atom. The molecule has 0 radical (unpaired) electrons. The number of aliphatic carboxylic acids is 1. The van der Waals surface area contributed by atoms with Gasteiger partial charge in [0.1, 0.15) is 11.4 Å². The summed E-state index contributed by atoms with van der Waals surface area (Å²) in [6.07, 6.45) is 3.56. The molecule has 1 N–H and O–H groups in total. The van der Waals surface area contributed by atoms with Crippen molar-refractivity contribution < 1.29 is 79.7 Å². The minimum atomic E-state index is -4.24. The number of pyridine rings is 1. The van der Waals surface area contributed by atoms with Crippen LogP contribution >= 0.6 is 0 Å². The molecule has 2 aromatic rings. The van der Waals surface area contributed by atoms with E-state index in [1.54, 1.807) is 12.1 Å². The number of β-lactam (4-membered cyclic amide) rings is 1. The van der Waals surface area contributed by atoms with Crippen molar-refractivity contribution in [2.75, 3.05) is 5.75 Å². The zero-order valence-electron chi connectivity index (χ0n) is 19.0. The van der Waals surface area contributed by atoms with E-state index in [1.807, 2.05) is 0 Å². The molecule has 0 saturated carbocycles. The number of aromatic nitrogens is 1. The largest absolute Gasteiger partial charge is 1.00 e. The first-order chi connectivity index (χ1) is 17.3. The number of halogens is 5. The van der Waals surface area contributed by atoms with E-state index in [9.17, 15) is 50.2 Å². The zero-order valence-corrected chi connectivity index (χ0v) is 21.8. The van der Waals surface area contributed by atoms with Crippen molar-refractivity contribution in [1.82, 2.24) is 9.88 Å². The number of rotatable bonds is 5. The molecule has 0 unspecified atom stereocenters. The van der Waals surface area contributed by atoms with Crippen molar-refractivity contribution in [2.45, 2.75) is 5.37 Å². The number of fused-ring (bicyclic) bond motifs is 1. The van der Waals surface area contributed by atoms with Crippen molar-refractivity contribution in [3.8, 4) is 0 Å². The predicted octanol–water partition coefficient (Wildman–Crippen LogP) is -1.25. The summed E-state index contributed by atoms with van der Waals surface area (Å²) in [6.45, 7) is 0. The molecule has 4 rings (SSSR count). The van der Waals surface area contributed by atoms with Crippen LogP contribution in [0.25, 0.3) is 6.08 Å². The molecule has 0 aliphatic carbocycles. The van der Waals surface area contributed by atoms with Crippen molar-refractivity contribution in [3.05, 3.63) is 88.2 Å². The monoisotopic (exact) mass is 563 g/mol. The third-order valence-corrected chi connectivity index (χ3v) is 7.10. The summed E-state index contributed by atoms with van der Waals surface area (Å²) in [5.74, 6) is -17.2. The van der Waals surface area contributed by atoms with Crippen molar-refractivity contribution in [1.29, 1.82) is 0 Å². The number of allylic oxidation sites excluding steroid dienone is 1. The van der Waals surface area contributed by atoms with Gasteiger partial charge >= 0.3 is 35.5 Å². The van der Waals surface area contributed by atoms with Crippen LogP contribution in [0.1, 0.15) is 5.69 Å². The van der Waals surface area contributed by atoms with Crippen LogP contribution in [-0.4, -0.2) is 52.3 Å². The van der Waals surface area contributed by atoms with Gasteiger partial charge < -0.3 is 10.2 Å². The van der Waals surface area contributed by atoms with Crippen LogP contribution in [-0.2, 0) is 19.4 Å². The van der Waals surface area contributed by atoms with Gasteiger partial charge in [0.25, 0.3) is 5.91 Å². The van der Waals surface area contributed by atoms with E-state index in [0.717, 1.165) is 0 Å². The second-order valence-corrected chi connectivity index (χ2v) is 9.63. The Bertz CT molecular complexity index is 1560. The van der Waals surface area contributed by atoms with Gasteiger partial charge in [-0.15, -0.1) is 0 Å². The van der Waals surface area contributed by atoms with Crippen LogP contribution in [0.5, 0.6) is 0 Å². The molecule has 38 heavy (non-hydrogen) atoms. The number of carbonyl (C=O) groups excluding carboxylic acids is 1. The smallest absolute Gasteiger partial charge is 0.859 e. The van der Waals surface area contributed by atoms with Gasteiger partial charge in [-0.25, -0.2) is 35.2 Å². The number of nitrogens with zero attached hydrogens (tertiary/aromatic N) is 3. The van der Waals surface area contributed by atoms with E-state index in [1.165, 1.54) is 18.3 Å². The van der Waals surface area contributed by atoms with Crippen LogP contribution in [0.3, 0.4) is 0 Å². The van der Waals surface area contributed by atoms with Crippen LogP contribution < -0.4 is 34.7 Å². The number of carboxylic acid groups (broad SMARTS) is 1. The molecule has 2 aliphatic heterocycles. The van der Waals surface area contributed by atoms with Crippen molar-refractivity contribution in [2.24, 2.45) is 4.99 Å². The second-order valence-electron chi connectivity index (χ2n) is 7.57. The quantitative estimate of drug-likeness (QED) is 0.0701. The van der Waals surface area contributed by atoms with E-state index in [2.05, 4.69) is 9.98 Å². The fourth-order valence-electron chi connectivity index (χ4n) is 3.65. The molecule has 192 valence electrons. The molecule has 0 spiro atoms. The maximum Gasteiger partial charge on any atom is 1.00 e. The van der Waals surface area contributed by atoms with E-state index >= 15 is 0 Å². The maximum atomic E-state index is 13.8. The third kappa shape index (κ3) is 5.01. The molecule has 16 heteroatoms. The van der Waals surface area contributed by atoms with E-state index in [4.69, 9.17) is 0 Å². The van der Waals surface area contributed by atoms with Gasteiger partial charge in [0.15, 0.2) is 38.5 Å². The molecule has 3 heterocycles. The Morgan fingerprint density at radius 2 is 1.71 bits per heavy atom. The minimum absolute atomic E-state index is 0. The topological polar surface area (TPSA) is 140 Å². The number of amides is 1. The van der Waals surface area contributed by atoms with Crippen LogP contribution in [0.2, 0.25) is 0 Å². The number of hydrogen-bond donors (Lipinski definition) is 1. The molecule has 1 saturated heterocycles. The second kappa shape index (κ2) is 10.8. The molecule has 1 aromatic heterocycles. The fourth-order valence-corrected chi connectivity index (χ4v) is 5.55. The van der Waals surface area contributed by atoms with E-state index in [-0.39, 0.29) is 40.8 Å². The average molecular weight is 563 g/mol. The van der Waals surface area contributed by atoms with Crippen LogP contribution in [0.15, 0.2) is 58.4 Å². The SMILES string of the molecule is O=C(O)C1=C(/C=C/C([O-])=Nc2c(F)c(F)c(F)c(F)c2F)CS(=O)(=O)[C@@H]2/C(=C/c3ccccn3)C(=O)N12.[Na+]. The summed E-state index contributed by atoms with van der Waals surface area (Å²) in [7, 11) is -4.24. The molecule has 1 amide bonds. The summed E-state index contributed by atoms with van der Waals surface area (Å²) in [6, 6.07) is 4.65. The predicted molar refractivity (Wildman–Crippen MR) is 114 cm³/mol. The first-order valence-electron chi connectivity index (χ1n) is 9.94. The Hall–Kier alpha value is -3.40. The summed E-state index contributed by atoms with van der Waals surface area (Å²) in [5.41, 5.74) is -3.14. The molecule has 9 nitrogen and oxygen atoms in total. The van der Waals surface area contributed by atoms with Gasteiger partial charge in [0.2, 0.25) is 5.82 Å². The molecule has 2 aliphatic rings. The number of hydrogen-bond acceptors (Lipinski definition) is 7. The summed E-state index contributed by atoms with van der Waals surface area (Å²) >= 11 is 0. The van der Waals surface area contributed by atoms with Gasteiger partial charge in [0.05, 0.1) is 17.0 Å². The molecule has 0 bridgehead atoms. The van der Waals surface area contributed by atoms with Gasteiger partial charge in [-0.05, 0) is 29.7 Å². The third-order valence-electron chi connectivity index (χ3n) is 5.24. The van der Waals surface area contributed by atoms with Crippen molar-refractivity contribution >= 4 is 39.4 Å². The van der Waals surface area contributed by atoms with E-state index in [0.29, 0.717) is 17.1 Å². The normalized spacial score (nSPS) is 19.9. The molecular weight excluding hydrogens is 552 g/mol. The fraction of sp³-hybridized carbons (Fsp3) is 0.0909. The number of sulfone groups is 1. The number of benzene rings is 1. The minimum Gasteiger partial charge on any atom is -0.859 e. The number of aliphatic imine (C=N–C) groups is 1. The maximum absolute atomic E-state index is 13.8. The Balaban J connectivity index is 0.00000400. The first kappa shape index (κ1) is 29.2. The number of carboxylic acids is 1. The average Bonchev–Trinajstić information content (AvgIpc) is 2.85. The van der Waals surface area contributed by atoms with E-state index < -0.39 is 84.8 Å². The van der Waals surface area contributed by atoms with Crippen molar-refractivity contribution in [3.63, 3.8) is 0 Å². The van der Waals surface area contributed by atoms with Gasteiger partial charge in [-0.2, -0.15) is 0 Å². The number of carbonyl (C=O) groups is 2. The first-order valence-corrected chi connectivity index (χ1v) is 11.7. The summed E-state index contributed by atoms with van der Waals surface area (Å²) in [5, 5.41) is 20.0. The van der Waals surface area contributed by atoms with Gasteiger partial charge in [-0.1, -0.05) is 18.2 Å². The standard InChI is InChI=1S/C22H12F5N3O6S.Na/c23-13-14(24)16(26)18(17(27)15(13)25)29-12(31)5-4-9-8-37(35,36)21-11(7-10-3-1-2-6-28-10)20(32)30(21)19(9)22(33)34;/h1-7,21H,8H2,(H,29,31)(H,33,34);/q;+1/p-1/b5-4+,11-7+;/t21-;/m1./s1. The summed E-state index contributed by atoms with van der Waals surface area (Å²) < 4.78 is 93.0. The Kier molecular flexibility index (Phi) is 8.26. The van der Waals surface area contributed by atoms with Gasteiger partial charge in [-0.3, -0.25) is 19.7 Å². The molecule has 1 aromatic carbocycles.